The molecule has 0 radical (unpaired) electrons. The molecule has 2 aromatic rings. The van der Waals surface area contributed by atoms with Crippen molar-refractivity contribution in [1.82, 2.24) is 5.32 Å². The molecule has 1 aliphatic carbocycles. The van der Waals surface area contributed by atoms with Gasteiger partial charge in [-0.05, 0) is 60.1 Å². The number of halogens is 8. The predicted octanol–water partition coefficient (Wildman–Crippen LogP) is 6.60. The van der Waals surface area contributed by atoms with Gasteiger partial charge in [0.25, 0.3) is 5.91 Å². The van der Waals surface area contributed by atoms with Crippen molar-refractivity contribution in [2.45, 2.75) is 29.4 Å². The smallest absolute Gasteiger partial charge is 0.433 e. The van der Waals surface area contributed by atoms with Crippen LogP contribution in [0.1, 0.15) is 28.8 Å². The van der Waals surface area contributed by atoms with Crippen LogP contribution in [0, 0.1) is 5.92 Å². The number of rotatable bonds is 8. The maximum atomic E-state index is 12.9. The van der Waals surface area contributed by atoms with E-state index in [-0.39, 0.29) is 16.3 Å². The van der Waals surface area contributed by atoms with Crippen molar-refractivity contribution in [1.29, 1.82) is 0 Å². The lowest BCUT2D eigenvalue weighted by Gasteiger charge is -2.18. The molecule has 196 valence electrons. The molecule has 2 amide bonds. The largest absolute Gasteiger partial charge is 0.616 e. The second kappa shape index (κ2) is 11.4. The molecule has 0 bridgehead atoms. The molecule has 3 rings (SSSR count). The Morgan fingerprint density at radius 3 is 2.31 bits per heavy atom. The van der Waals surface area contributed by atoms with Gasteiger partial charge in [0.1, 0.15) is 10.1 Å². The molecule has 2 aromatic carbocycles. The van der Waals surface area contributed by atoms with Gasteiger partial charge in [-0.25, -0.2) is 0 Å². The summed E-state index contributed by atoms with van der Waals surface area (Å²) < 4.78 is 47.4. The molecule has 0 aliphatic heterocycles. The average molecular weight is 625 g/mol. The van der Waals surface area contributed by atoms with Crippen molar-refractivity contribution in [2.75, 3.05) is 16.8 Å². The zero-order valence-electron chi connectivity index (χ0n) is 18.3. The van der Waals surface area contributed by atoms with Gasteiger partial charge >= 0.3 is 6.18 Å². The summed E-state index contributed by atoms with van der Waals surface area (Å²) in [5.74, 6) is -4.52. The molecule has 36 heavy (non-hydrogen) atoms. The van der Waals surface area contributed by atoms with E-state index in [0.717, 1.165) is 0 Å². The monoisotopic (exact) mass is 622 g/mol. The summed E-state index contributed by atoms with van der Waals surface area (Å²) in [5, 5.41) is 5.85. The SMILES string of the molecule is C[C@H](C[S+]([O-])CC(F)(F)F)NC(=O)c1cc(NC(=O)[C@@H]2[C@@H](c3cc(Cl)cc(Cl)c3)C2(Cl)Cl)ccc1Cl. The van der Waals surface area contributed by atoms with E-state index in [1.165, 1.54) is 31.2 Å². The van der Waals surface area contributed by atoms with E-state index in [0.29, 0.717) is 15.6 Å². The summed E-state index contributed by atoms with van der Waals surface area (Å²) in [7, 11) is 0. The lowest BCUT2D eigenvalue weighted by atomic mass is 10.1. The number of carbonyl (C=O) groups is 2. The quantitative estimate of drug-likeness (QED) is 0.257. The van der Waals surface area contributed by atoms with Crippen LogP contribution in [-0.2, 0) is 16.0 Å². The van der Waals surface area contributed by atoms with E-state index in [1.54, 1.807) is 12.1 Å². The molecule has 0 heterocycles. The first kappa shape index (κ1) is 29.5. The van der Waals surface area contributed by atoms with Crippen LogP contribution >= 0.6 is 58.0 Å². The molecule has 5 nitrogen and oxygen atoms in total. The maximum Gasteiger partial charge on any atom is 0.433 e. The van der Waals surface area contributed by atoms with Crippen LogP contribution in [0.3, 0.4) is 0 Å². The van der Waals surface area contributed by atoms with Crippen LogP contribution in [0.4, 0.5) is 18.9 Å². The van der Waals surface area contributed by atoms with Crippen molar-refractivity contribution >= 4 is 86.7 Å². The Bertz CT molecular complexity index is 1150. The molecule has 14 heteroatoms. The minimum Gasteiger partial charge on any atom is -0.616 e. The van der Waals surface area contributed by atoms with Crippen molar-refractivity contribution in [3.63, 3.8) is 0 Å². The Kier molecular flexibility index (Phi) is 9.30. The Hall–Kier alpha value is -1.07. The molecule has 2 N–H and O–H groups in total. The summed E-state index contributed by atoms with van der Waals surface area (Å²) in [5.41, 5.74) is 0.757. The number of nitrogens with one attached hydrogen (secondary N) is 2. The van der Waals surface area contributed by atoms with Crippen LogP contribution in [0.25, 0.3) is 0 Å². The molecular weight excluding hydrogens is 607 g/mol. The summed E-state index contributed by atoms with van der Waals surface area (Å²) in [6.07, 6.45) is -4.58. The van der Waals surface area contributed by atoms with Gasteiger partial charge in [-0.15, -0.1) is 23.2 Å². The average Bonchev–Trinajstić information content (AvgIpc) is 3.29. The van der Waals surface area contributed by atoms with Gasteiger partial charge in [-0.3, -0.25) is 9.59 Å². The highest BCUT2D eigenvalue weighted by Crippen LogP contribution is 2.65. The fraction of sp³-hybridized carbons (Fsp3) is 0.364. The molecule has 0 aromatic heterocycles. The second-order valence-corrected chi connectivity index (χ2v) is 12.5. The third kappa shape index (κ3) is 7.49. The number of anilines is 1. The molecule has 4 atom stereocenters. The predicted molar refractivity (Wildman–Crippen MR) is 138 cm³/mol. The standard InChI is InChI=1S/C22H18Cl5F3N2O3S/c1-10(8-36(35)9-21(28,29)30)31-19(33)15-7-14(2-3-16(15)25)32-20(34)18-17(22(18,26)27)11-4-12(23)6-13(24)5-11/h2-7,10,17-18H,8-9H2,1H3,(H,31,33)(H,32,34)/t10-,17-,18+,36?/m1/s1. The van der Waals surface area contributed by atoms with Crippen molar-refractivity contribution < 1.29 is 27.3 Å². The molecule has 1 fully saturated rings. The van der Waals surface area contributed by atoms with Crippen LogP contribution in [0.15, 0.2) is 36.4 Å². The topological polar surface area (TPSA) is 81.3 Å². The van der Waals surface area contributed by atoms with E-state index >= 15 is 0 Å². The fourth-order valence-electron chi connectivity index (χ4n) is 3.68. The van der Waals surface area contributed by atoms with Crippen molar-refractivity contribution in [2.24, 2.45) is 5.92 Å². The fourth-order valence-corrected chi connectivity index (χ4v) is 6.38. The third-order valence-corrected chi connectivity index (χ3v) is 8.42. The van der Waals surface area contributed by atoms with Crippen LogP contribution < -0.4 is 10.6 Å². The number of alkyl halides is 5. The van der Waals surface area contributed by atoms with E-state index in [9.17, 15) is 27.3 Å². The number of carbonyl (C=O) groups excluding carboxylic acids is 2. The number of amides is 2. The van der Waals surface area contributed by atoms with Gasteiger partial charge in [0.15, 0.2) is 0 Å². The first-order chi connectivity index (χ1) is 16.6. The maximum absolute atomic E-state index is 12.9. The zero-order chi connectivity index (χ0) is 27.0. The van der Waals surface area contributed by atoms with E-state index in [2.05, 4.69) is 10.6 Å². The number of benzene rings is 2. The van der Waals surface area contributed by atoms with E-state index in [1.807, 2.05) is 0 Å². The lowest BCUT2D eigenvalue weighted by Crippen LogP contribution is -2.39. The molecule has 1 aliphatic rings. The van der Waals surface area contributed by atoms with Crippen LogP contribution in [0.5, 0.6) is 0 Å². The first-order valence-corrected chi connectivity index (χ1v) is 13.6. The molecular formula is C22H18Cl5F3N2O3S. The molecule has 0 spiro atoms. The van der Waals surface area contributed by atoms with E-state index < -0.39 is 62.9 Å². The van der Waals surface area contributed by atoms with Gasteiger partial charge in [0, 0.05) is 21.7 Å². The highest BCUT2D eigenvalue weighted by molar-refractivity contribution is 7.91. The Morgan fingerprint density at radius 1 is 1.11 bits per heavy atom. The number of hydrogen-bond donors (Lipinski definition) is 2. The zero-order valence-corrected chi connectivity index (χ0v) is 22.9. The van der Waals surface area contributed by atoms with Crippen LogP contribution in [0.2, 0.25) is 15.1 Å². The summed E-state index contributed by atoms with van der Waals surface area (Å²) in [6, 6.07) is 8.04. The van der Waals surface area contributed by atoms with Gasteiger partial charge < -0.3 is 15.2 Å². The van der Waals surface area contributed by atoms with Crippen molar-refractivity contribution in [3.05, 3.63) is 62.6 Å². The normalized spacial score (nSPS) is 20.4. The second-order valence-electron chi connectivity index (χ2n) is 8.26. The van der Waals surface area contributed by atoms with E-state index in [4.69, 9.17) is 58.0 Å². The molecule has 0 saturated heterocycles. The summed E-state index contributed by atoms with van der Waals surface area (Å²) in [6.45, 7) is 1.42. The van der Waals surface area contributed by atoms with Crippen LogP contribution in [-0.4, -0.2) is 44.4 Å². The lowest BCUT2D eigenvalue weighted by molar-refractivity contribution is -0.117. The Morgan fingerprint density at radius 2 is 1.72 bits per heavy atom. The minimum atomic E-state index is -4.58. The van der Waals surface area contributed by atoms with Gasteiger partial charge in [0.2, 0.25) is 11.7 Å². The van der Waals surface area contributed by atoms with Gasteiger partial charge in [0.05, 0.1) is 22.5 Å². The number of hydrogen-bond acceptors (Lipinski definition) is 3. The third-order valence-electron chi connectivity index (χ3n) is 5.20. The highest BCUT2D eigenvalue weighted by Gasteiger charge is 2.67. The highest BCUT2D eigenvalue weighted by atomic mass is 35.5. The van der Waals surface area contributed by atoms with Gasteiger partial charge in [-0.2, -0.15) is 13.2 Å². The summed E-state index contributed by atoms with van der Waals surface area (Å²) in [4.78, 5) is 25.6. The molecule has 1 saturated carbocycles. The summed E-state index contributed by atoms with van der Waals surface area (Å²) >= 11 is 28.7. The Balaban J connectivity index is 1.67. The molecule has 1 unspecified atom stereocenters. The van der Waals surface area contributed by atoms with Gasteiger partial charge in [-0.1, -0.05) is 34.8 Å². The Labute approximate surface area is 233 Å². The minimum absolute atomic E-state index is 0.0380. The van der Waals surface area contributed by atoms with Crippen molar-refractivity contribution in [3.8, 4) is 0 Å². The first-order valence-electron chi connectivity index (χ1n) is 10.3.